The van der Waals surface area contributed by atoms with Gasteiger partial charge in [-0.05, 0) is 58.7 Å². The van der Waals surface area contributed by atoms with Gasteiger partial charge in [0.25, 0.3) is 0 Å². The monoisotopic (exact) mass is 341 g/mol. The first kappa shape index (κ1) is 13.9. The Labute approximate surface area is 125 Å². The second-order valence-electron chi connectivity index (χ2n) is 3.79. The van der Waals surface area contributed by atoms with Crippen LogP contribution in [0.3, 0.4) is 0 Å². The van der Waals surface area contributed by atoms with E-state index in [0.717, 1.165) is 21.5 Å². The maximum Gasteiger partial charge on any atom is 0.0449 e. The molecule has 2 rings (SSSR count). The Balaban J connectivity index is 2.34. The van der Waals surface area contributed by atoms with Gasteiger partial charge in [0.05, 0.1) is 0 Å². The Morgan fingerprint density at radius 2 is 1.78 bits per heavy atom. The zero-order chi connectivity index (χ0) is 13.0. The van der Waals surface area contributed by atoms with Crippen LogP contribution in [0.5, 0.6) is 0 Å². The molecular weight excluding hydrogens is 330 g/mol. The molecule has 0 aromatic heterocycles. The smallest absolute Gasteiger partial charge is 0.0449 e. The molecule has 1 nitrogen and oxygen atoms in total. The molecule has 0 radical (unpaired) electrons. The standard InChI is InChI=1S/C14H13BrClNS/c15-11-4-1-2-6-14(11)18-13-7-3-5-12(16)10(13)8-9-17/h1-7H,8-9,17H2. The van der Waals surface area contributed by atoms with E-state index < -0.39 is 0 Å². The van der Waals surface area contributed by atoms with E-state index in [9.17, 15) is 0 Å². The number of hydrogen-bond acceptors (Lipinski definition) is 2. The summed E-state index contributed by atoms with van der Waals surface area (Å²) in [5.41, 5.74) is 6.77. The molecule has 0 fully saturated rings. The lowest BCUT2D eigenvalue weighted by molar-refractivity contribution is 0.944. The van der Waals surface area contributed by atoms with Gasteiger partial charge in [0.2, 0.25) is 0 Å². The summed E-state index contributed by atoms with van der Waals surface area (Å²) in [6, 6.07) is 14.1. The van der Waals surface area contributed by atoms with Crippen molar-refractivity contribution in [2.45, 2.75) is 16.2 Å². The number of hydrogen-bond donors (Lipinski definition) is 1. The third-order valence-corrected chi connectivity index (χ3v) is 5.01. The van der Waals surface area contributed by atoms with Gasteiger partial charge in [-0.15, -0.1) is 0 Å². The third kappa shape index (κ3) is 3.29. The van der Waals surface area contributed by atoms with E-state index >= 15 is 0 Å². The fourth-order valence-corrected chi connectivity index (χ4v) is 3.55. The van der Waals surface area contributed by atoms with Crippen LogP contribution in [0.15, 0.2) is 56.7 Å². The lowest BCUT2D eigenvalue weighted by Gasteiger charge is -2.11. The Kier molecular flexibility index (Phi) is 5.13. The zero-order valence-corrected chi connectivity index (χ0v) is 12.9. The minimum Gasteiger partial charge on any atom is -0.330 e. The largest absolute Gasteiger partial charge is 0.330 e. The number of nitrogens with two attached hydrogens (primary N) is 1. The van der Waals surface area contributed by atoms with Crippen molar-refractivity contribution in [1.29, 1.82) is 0 Å². The second kappa shape index (κ2) is 6.62. The number of rotatable bonds is 4. The van der Waals surface area contributed by atoms with Crippen LogP contribution in [-0.4, -0.2) is 6.54 Å². The van der Waals surface area contributed by atoms with E-state index in [4.69, 9.17) is 17.3 Å². The van der Waals surface area contributed by atoms with E-state index in [1.54, 1.807) is 11.8 Å². The molecule has 0 unspecified atom stereocenters. The molecule has 2 N–H and O–H groups in total. The molecule has 18 heavy (non-hydrogen) atoms. The highest BCUT2D eigenvalue weighted by Gasteiger charge is 2.09. The van der Waals surface area contributed by atoms with Gasteiger partial charge in [-0.25, -0.2) is 0 Å². The summed E-state index contributed by atoms with van der Waals surface area (Å²) in [5.74, 6) is 0. The van der Waals surface area contributed by atoms with Crippen LogP contribution in [0.1, 0.15) is 5.56 Å². The van der Waals surface area contributed by atoms with Gasteiger partial charge in [0.15, 0.2) is 0 Å². The molecule has 4 heteroatoms. The van der Waals surface area contributed by atoms with E-state index in [2.05, 4.69) is 28.1 Å². The van der Waals surface area contributed by atoms with E-state index in [-0.39, 0.29) is 0 Å². The van der Waals surface area contributed by atoms with Crippen LogP contribution in [0.25, 0.3) is 0 Å². The summed E-state index contributed by atoms with van der Waals surface area (Å²) in [5, 5.41) is 0.789. The van der Waals surface area contributed by atoms with Crippen molar-refractivity contribution in [3.8, 4) is 0 Å². The first-order valence-corrected chi connectivity index (χ1v) is 7.61. The highest BCUT2D eigenvalue weighted by atomic mass is 79.9. The number of benzene rings is 2. The molecule has 0 bridgehead atoms. The average molecular weight is 343 g/mol. The zero-order valence-electron chi connectivity index (χ0n) is 9.70. The topological polar surface area (TPSA) is 26.0 Å². The predicted molar refractivity (Wildman–Crippen MR) is 82.5 cm³/mol. The van der Waals surface area contributed by atoms with Crippen LogP contribution in [0, 0.1) is 0 Å². The molecule has 0 aliphatic heterocycles. The van der Waals surface area contributed by atoms with Crippen LogP contribution in [0.4, 0.5) is 0 Å². The molecule has 0 saturated heterocycles. The molecule has 0 spiro atoms. The van der Waals surface area contributed by atoms with Crippen molar-refractivity contribution in [3.63, 3.8) is 0 Å². The van der Waals surface area contributed by atoms with E-state index in [1.165, 1.54) is 9.79 Å². The fourth-order valence-electron chi connectivity index (χ4n) is 1.67. The van der Waals surface area contributed by atoms with Gasteiger partial charge < -0.3 is 5.73 Å². The van der Waals surface area contributed by atoms with Gasteiger partial charge in [-0.2, -0.15) is 0 Å². The summed E-state index contributed by atoms with van der Waals surface area (Å²) >= 11 is 11.5. The summed E-state index contributed by atoms with van der Waals surface area (Å²) in [6.45, 7) is 0.604. The fraction of sp³-hybridized carbons (Fsp3) is 0.143. The molecule has 0 amide bonds. The molecule has 2 aromatic carbocycles. The summed E-state index contributed by atoms with van der Waals surface area (Å²) in [7, 11) is 0. The minimum atomic E-state index is 0.604. The summed E-state index contributed by atoms with van der Waals surface area (Å²) in [6.07, 6.45) is 0.798. The van der Waals surface area contributed by atoms with E-state index in [0.29, 0.717) is 6.54 Å². The average Bonchev–Trinajstić information content (AvgIpc) is 2.36. The van der Waals surface area contributed by atoms with Crippen LogP contribution >= 0.6 is 39.3 Å². The van der Waals surface area contributed by atoms with Crippen molar-refractivity contribution in [3.05, 3.63) is 57.5 Å². The van der Waals surface area contributed by atoms with Gasteiger partial charge in [0.1, 0.15) is 0 Å². The lowest BCUT2D eigenvalue weighted by Crippen LogP contribution is -2.04. The SMILES string of the molecule is NCCc1c(Cl)cccc1Sc1ccccc1Br. The quantitative estimate of drug-likeness (QED) is 0.867. The Hall–Kier alpha value is -0.480. The van der Waals surface area contributed by atoms with Crippen molar-refractivity contribution < 1.29 is 0 Å². The molecular formula is C14H13BrClNS. The predicted octanol–water partition coefficient (Wildman–Crippen LogP) is 4.75. The van der Waals surface area contributed by atoms with Crippen molar-refractivity contribution in [1.82, 2.24) is 0 Å². The van der Waals surface area contributed by atoms with Gasteiger partial charge in [0, 0.05) is 19.3 Å². The maximum atomic E-state index is 6.23. The molecule has 2 aromatic rings. The highest BCUT2D eigenvalue weighted by Crippen LogP contribution is 2.37. The molecule has 0 heterocycles. The number of halogens is 2. The van der Waals surface area contributed by atoms with Gasteiger partial charge >= 0.3 is 0 Å². The van der Waals surface area contributed by atoms with Gasteiger partial charge in [-0.3, -0.25) is 0 Å². The molecule has 0 aliphatic rings. The molecule has 0 saturated carbocycles. The minimum absolute atomic E-state index is 0.604. The normalized spacial score (nSPS) is 10.6. The van der Waals surface area contributed by atoms with Gasteiger partial charge in [-0.1, -0.05) is 41.6 Å². The van der Waals surface area contributed by atoms with Crippen LogP contribution in [-0.2, 0) is 6.42 Å². The van der Waals surface area contributed by atoms with Crippen molar-refractivity contribution in [2.75, 3.05) is 6.54 Å². The molecule has 0 atom stereocenters. The molecule has 94 valence electrons. The summed E-state index contributed by atoms with van der Waals surface area (Å²) < 4.78 is 1.09. The summed E-state index contributed by atoms with van der Waals surface area (Å²) in [4.78, 5) is 2.35. The van der Waals surface area contributed by atoms with Crippen LogP contribution in [0.2, 0.25) is 5.02 Å². The first-order chi connectivity index (χ1) is 8.72. The highest BCUT2D eigenvalue weighted by molar-refractivity contribution is 9.10. The maximum absolute atomic E-state index is 6.23. The van der Waals surface area contributed by atoms with Crippen molar-refractivity contribution in [2.24, 2.45) is 5.73 Å². The Morgan fingerprint density at radius 3 is 2.50 bits per heavy atom. The van der Waals surface area contributed by atoms with Crippen LogP contribution < -0.4 is 5.73 Å². The molecule has 0 aliphatic carbocycles. The lowest BCUT2D eigenvalue weighted by atomic mass is 10.1. The van der Waals surface area contributed by atoms with E-state index in [1.807, 2.05) is 30.3 Å². The van der Waals surface area contributed by atoms with Crippen molar-refractivity contribution >= 4 is 39.3 Å². The Morgan fingerprint density at radius 1 is 1.06 bits per heavy atom. The first-order valence-electron chi connectivity index (χ1n) is 5.62. The second-order valence-corrected chi connectivity index (χ2v) is 6.13. The third-order valence-electron chi connectivity index (χ3n) is 2.53. The Bertz CT molecular complexity index is 545.